The lowest BCUT2D eigenvalue weighted by molar-refractivity contribution is 0.443. The van der Waals surface area contributed by atoms with Crippen LogP contribution in [0.2, 0.25) is 0 Å². The lowest BCUT2D eigenvalue weighted by Gasteiger charge is -2.15. The van der Waals surface area contributed by atoms with Gasteiger partial charge in [-0.1, -0.05) is 13.8 Å². The van der Waals surface area contributed by atoms with Crippen molar-refractivity contribution < 1.29 is 0 Å². The van der Waals surface area contributed by atoms with Gasteiger partial charge in [0.15, 0.2) is 0 Å². The molecule has 0 aromatic carbocycles. The summed E-state index contributed by atoms with van der Waals surface area (Å²) in [5.74, 6) is 0.780. The van der Waals surface area contributed by atoms with Crippen LogP contribution in [-0.2, 0) is 6.54 Å². The van der Waals surface area contributed by atoms with Crippen LogP contribution in [0.15, 0.2) is 12.1 Å². The molecule has 0 saturated carbocycles. The molecule has 0 aliphatic rings. The van der Waals surface area contributed by atoms with Crippen LogP contribution in [0.5, 0.6) is 0 Å². The summed E-state index contributed by atoms with van der Waals surface area (Å²) in [5.41, 5.74) is 0. The number of hydrogen-bond donors (Lipinski definition) is 1. The lowest BCUT2D eigenvalue weighted by atomic mass is 10.1. The second kappa shape index (κ2) is 5.52. The fourth-order valence-electron chi connectivity index (χ4n) is 1.65. The molecule has 0 unspecified atom stereocenters. The molecule has 0 bridgehead atoms. The molecule has 1 aromatic heterocycles. The molecule has 1 rings (SSSR count). The molecule has 1 N–H and O–H groups in total. The fraction of sp³-hybridized carbons (Fsp3) is 0.667. The number of nitrogens with one attached hydrogen (secondary N) is 1. The largest absolute Gasteiger partial charge is 0.309 e. The number of aryl methyl sites for hydroxylation is 1. The highest BCUT2D eigenvalue weighted by molar-refractivity contribution is 7.11. The van der Waals surface area contributed by atoms with Gasteiger partial charge in [0.1, 0.15) is 0 Å². The predicted molar refractivity (Wildman–Crippen MR) is 64.8 cm³/mol. The Kier molecular flexibility index (Phi) is 4.63. The van der Waals surface area contributed by atoms with Gasteiger partial charge in [0.25, 0.3) is 0 Å². The molecule has 0 aliphatic heterocycles. The molecule has 1 atom stereocenters. The topological polar surface area (TPSA) is 12.0 Å². The molecule has 0 saturated heterocycles. The standard InChI is InChI=1S/C12H21NS/c1-9(2)7-10(3)13-8-12-6-5-11(4)14-12/h5-6,9-10,13H,7-8H2,1-4H3/t10-/m0/s1. The van der Waals surface area contributed by atoms with Crippen molar-refractivity contribution in [3.63, 3.8) is 0 Å². The van der Waals surface area contributed by atoms with E-state index in [0.717, 1.165) is 12.5 Å². The Morgan fingerprint density at radius 1 is 1.29 bits per heavy atom. The van der Waals surface area contributed by atoms with Crippen molar-refractivity contribution in [2.75, 3.05) is 0 Å². The van der Waals surface area contributed by atoms with Crippen LogP contribution in [0, 0.1) is 12.8 Å². The molecule has 1 heterocycles. The average Bonchev–Trinajstić information content (AvgIpc) is 2.47. The van der Waals surface area contributed by atoms with E-state index in [9.17, 15) is 0 Å². The summed E-state index contributed by atoms with van der Waals surface area (Å²) >= 11 is 1.89. The van der Waals surface area contributed by atoms with Crippen LogP contribution in [0.3, 0.4) is 0 Å². The minimum absolute atomic E-state index is 0.623. The van der Waals surface area contributed by atoms with E-state index in [-0.39, 0.29) is 0 Å². The van der Waals surface area contributed by atoms with Crippen molar-refractivity contribution >= 4 is 11.3 Å². The first-order chi connectivity index (χ1) is 6.58. The third-order valence-electron chi connectivity index (χ3n) is 2.25. The van der Waals surface area contributed by atoms with Gasteiger partial charge < -0.3 is 5.32 Å². The molecule has 14 heavy (non-hydrogen) atoms. The molecular weight excluding hydrogens is 190 g/mol. The Hall–Kier alpha value is -0.340. The summed E-state index contributed by atoms with van der Waals surface area (Å²) in [6.45, 7) is 9.99. The summed E-state index contributed by atoms with van der Waals surface area (Å²) < 4.78 is 0. The first-order valence-electron chi connectivity index (χ1n) is 5.36. The van der Waals surface area contributed by atoms with Gasteiger partial charge in [0.2, 0.25) is 0 Å². The summed E-state index contributed by atoms with van der Waals surface area (Å²) in [6.07, 6.45) is 1.25. The second-order valence-corrected chi connectivity index (χ2v) is 5.80. The van der Waals surface area contributed by atoms with Crippen molar-refractivity contribution in [1.29, 1.82) is 0 Å². The Morgan fingerprint density at radius 2 is 2.00 bits per heavy atom. The zero-order valence-electron chi connectivity index (χ0n) is 9.63. The van der Waals surface area contributed by atoms with Gasteiger partial charge in [-0.15, -0.1) is 11.3 Å². The van der Waals surface area contributed by atoms with Gasteiger partial charge in [-0.3, -0.25) is 0 Å². The second-order valence-electron chi connectivity index (χ2n) is 4.42. The Bertz CT molecular complexity index is 265. The highest BCUT2D eigenvalue weighted by atomic mass is 32.1. The molecule has 1 aromatic rings. The number of rotatable bonds is 5. The van der Waals surface area contributed by atoms with E-state index < -0.39 is 0 Å². The molecule has 0 fully saturated rings. The maximum Gasteiger partial charge on any atom is 0.0302 e. The van der Waals surface area contributed by atoms with Crippen molar-refractivity contribution in [2.24, 2.45) is 5.92 Å². The minimum atomic E-state index is 0.623. The van der Waals surface area contributed by atoms with E-state index in [1.807, 2.05) is 11.3 Å². The third kappa shape index (κ3) is 4.25. The van der Waals surface area contributed by atoms with Crippen LogP contribution in [0.4, 0.5) is 0 Å². The predicted octanol–water partition coefficient (Wildman–Crippen LogP) is 3.58. The smallest absolute Gasteiger partial charge is 0.0302 e. The normalized spacial score (nSPS) is 13.5. The van der Waals surface area contributed by atoms with E-state index >= 15 is 0 Å². The van der Waals surface area contributed by atoms with E-state index in [0.29, 0.717) is 6.04 Å². The summed E-state index contributed by atoms with van der Waals surface area (Å²) in [6, 6.07) is 5.03. The van der Waals surface area contributed by atoms with Gasteiger partial charge in [-0.05, 0) is 38.3 Å². The van der Waals surface area contributed by atoms with Crippen molar-refractivity contribution in [3.05, 3.63) is 21.9 Å². The first-order valence-corrected chi connectivity index (χ1v) is 6.18. The number of thiophene rings is 1. The minimum Gasteiger partial charge on any atom is -0.309 e. The monoisotopic (exact) mass is 211 g/mol. The van der Waals surface area contributed by atoms with E-state index in [2.05, 4.69) is 45.1 Å². The molecular formula is C12H21NS. The van der Waals surface area contributed by atoms with E-state index in [1.165, 1.54) is 16.2 Å². The van der Waals surface area contributed by atoms with Crippen molar-refractivity contribution in [1.82, 2.24) is 5.32 Å². The lowest BCUT2D eigenvalue weighted by Crippen LogP contribution is -2.26. The molecule has 80 valence electrons. The number of hydrogen-bond acceptors (Lipinski definition) is 2. The van der Waals surface area contributed by atoms with Gasteiger partial charge >= 0.3 is 0 Å². The Balaban J connectivity index is 2.26. The highest BCUT2D eigenvalue weighted by Crippen LogP contribution is 2.15. The summed E-state index contributed by atoms with van der Waals surface area (Å²) in [4.78, 5) is 2.84. The average molecular weight is 211 g/mol. The van der Waals surface area contributed by atoms with Crippen molar-refractivity contribution in [2.45, 2.75) is 46.7 Å². The van der Waals surface area contributed by atoms with Crippen LogP contribution in [0.25, 0.3) is 0 Å². The third-order valence-corrected chi connectivity index (χ3v) is 3.25. The van der Waals surface area contributed by atoms with Gasteiger partial charge in [0, 0.05) is 22.3 Å². The Morgan fingerprint density at radius 3 is 2.50 bits per heavy atom. The fourth-order valence-corrected chi connectivity index (χ4v) is 2.49. The molecule has 0 aliphatic carbocycles. The van der Waals surface area contributed by atoms with E-state index in [4.69, 9.17) is 0 Å². The van der Waals surface area contributed by atoms with Crippen LogP contribution >= 0.6 is 11.3 Å². The molecule has 0 spiro atoms. The zero-order valence-corrected chi connectivity index (χ0v) is 10.4. The van der Waals surface area contributed by atoms with Crippen LogP contribution in [0.1, 0.15) is 36.9 Å². The van der Waals surface area contributed by atoms with Crippen molar-refractivity contribution in [3.8, 4) is 0 Å². The first kappa shape index (κ1) is 11.7. The zero-order chi connectivity index (χ0) is 10.6. The van der Waals surface area contributed by atoms with Gasteiger partial charge in [-0.2, -0.15) is 0 Å². The molecule has 1 nitrogen and oxygen atoms in total. The molecule has 0 radical (unpaired) electrons. The van der Waals surface area contributed by atoms with Gasteiger partial charge in [0.05, 0.1) is 0 Å². The quantitative estimate of drug-likeness (QED) is 0.785. The maximum absolute atomic E-state index is 3.55. The summed E-state index contributed by atoms with van der Waals surface area (Å²) in [5, 5.41) is 3.55. The molecule has 2 heteroatoms. The van der Waals surface area contributed by atoms with E-state index in [1.54, 1.807) is 0 Å². The molecule has 0 amide bonds. The SMILES string of the molecule is Cc1ccc(CN[C@@H](C)CC(C)C)s1. The van der Waals surface area contributed by atoms with Gasteiger partial charge in [-0.25, -0.2) is 0 Å². The maximum atomic E-state index is 3.55. The highest BCUT2D eigenvalue weighted by Gasteiger charge is 2.04. The Labute approximate surface area is 91.5 Å². The summed E-state index contributed by atoms with van der Waals surface area (Å²) in [7, 11) is 0. The van der Waals surface area contributed by atoms with Crippen LogP contribution < -0.4 is 5.32 Å². The van der Waals surface area contributed by atoms with Crippen LogP contribution in [-0.4, -0.2) is 6.04 Å².